The van der Waals surface area contributed by atoms with E-state index in [2.05, 4.69) is 10.1 Å². The van der Waals surface area contributed by atoms with Gasteiger partial charge in [0.05, 0.1) is 0 Å². The summed E-state index contributed by atoms with van der Waals surface area (Å²) in [4.78, 5) is 3.82. The van der Waals surface area contributed by atoms with Crippen molar-refractivity contribution in [3.8, 4) is 0 Å². The molecule has 0 aliphatic carbocycles. The topological polar surface area (TPSA) is 64.9 Å². The predicted octanol–water partition coefficient (Wildman–Crippen LogP) is -1.17. The summed E-state index contributed by atoms with van der Waals surface area (Å²) in [5, 5.41) is 3.92. The van der Waals surface area contributed by atoms with Crippen molar-refractivity contribution < 1.29 is 9.42 Å². The summed E-state index contributed by atoms with van der Waals surface area (Å²) in [5.41, 5.74) is 6.38. The lowest BCUT2D eigenvalue weighted by Gasteiger charge is -1.88. The Morgan fingerprint density at radius 2 is 2.60 bits per heavy atom. The van der Waals surface area contributed by atoms with Crippen LogP contribution in [0.4, 0.5) is 5.82 Å². The SMILES string of the molecule is Nc1ncn[n+]2c1COC2. The molecule has 2 heterocycles. The molecule has 0 saturated carbocycles. The van der Waals surface area contributed by atoms with Crippen molar-refractivity contribution in [1.29, 1.82) is 0 Å². The second kappa shape index (κ2) is 1.88. The third-order valence-corrected chi connectivity index (χ3v) is 1.45. The molecular weight excluding hydrogens is 132 g/mol. The summed E-state index contributed by atoms with van der Waals surface area (Å²) in [6, 6.07) is 0. The zero-order valence-corrected chi connectivity index (χ0v) is 5.32. The van der Waals surface area contributed by atoms with Crippen LogP contribution in [0.15, 0.2) is 6.33 Å². The lowest BCUT2D eigenvalue weighted by Crippen LogP contribution is -2.38. The number of hydrogen-bond acceptors (Lipinski definition) is 4. The van der Waals surface area contributed by atoms with Crippen LogP contribution in [0.2, 0.25) is 0 Å². The fourth-order valence-corrected chi connectivity index (χ4v) is 0.915. The van der Waals surface area contributed by atoms with Crippen LogP contribution in [-0.4, -0.2) is 10.1 Å². The van der Waals surface area contributed by atoms with Crippen molar-refractivity contribution in [2.45, 2.75) is 13.3 Å². The summed E-state index contributed by atoms with van der Waals surface area (Å²) in [7, 11) is 0. The molecule has 2 N–H and O–H groups in total. The van der Waals surface area contributed by atoms with E-state index in [0.717, 1.165) is 5.69 Å². The quantitative estimate of drug-likeness (QED) is 0.460. The van der Waals surface area contributed by atoms with Gasteiger partial charge in [0.25, 0.3) is 12.4 Å². The van der Waals surface area contributed by atoms with E-state index in [9.17, 15) is 0 Å². The standard InChI is InChI=1S/C5H7N4O/c6-5-4-1-10-3-9(4)8-2-7-5/h2H,1,3H2,(H2,6,7,8)/q+1. The number of anilines is 1. The molecule has 1 aromatic rings. The molecule has 52 valence electrons. The Labute approximate surface area is 57.4 Å². The zero-order chi connectivity index (χ0) is 6.97. The Bertz CT molecular complexity index is 262. The first-order chi connectivity index (χ1) is 4.88. The molecule has 0 atom stereocenters. The Hall–Kier alpha value is -1.23. The van der Waals surface area contributed by atoms with E-state index in [1.807, 2.05) is 0 Å². The third kappa shape index (κ3) is 0.640. The lowest BCUT2D eigenvalue weighted by atomic mass is 10.4. The van der Waals surface area contributed by atoms with Gasteiger partial charge in [0.15, 0.2) is 12.1 Å². The van der Waals surface area contributed by atoms with Crippen molar-refractivity contribution >= 4 is 5.82 Å². The van der Waals surface area contributed by atoms with Gasteiger partial charge in [-0.2, -0.15) is 0 Å². The van der Waals surface area contributed by atoms with Crippen molar-refractivity contribution in [1.82, 2.24) is 10.1 Å². The van der Waals surface area contributed by atoms with Gasteiger partial charge in [-0.3, -0.25) is 0 Å². The van der Waals surface area contributed by atoms with Crippen LogP contribution in [0.25, 0.3) is 0 Å². The number of rotatable bonds is 0. The van der Waals surface area contributed by atoms with Gasteiger partial charge < -0.3 is 10.5 Å². The van der Waals surface area contributed by atoms with E-state index in [0.29, 0.717) is 19.2 Å². The van der Waals surface area contributed by atoms with Crippen molar-refractivity contribution in [3.63, 3.8) is 0 Å². The molecule has 1 aliphatic heterocycles. The highest BCUT2D eigenvalue weighted by Crippen LogP contribution is 2.06. The van der Waals surface area contributed by atoms with E-state index in [1.54, 1.807) is 4.68 Å². The molecule has 1 aromatic heterocycles. The maximum absolute atomic E-state index is 5.52. The first-order valence-electron chi connectivity index (χ1n) is 2.95. The van der Waals surface area contributed by atoms with E-state index in [-0.39, 0.29) is 0 Å². The second-order valence-electron chi connectivity index (χ2n) is 2.07. The number of hydrogen-bond donors (Lipinski definition) is 1. The average molecular weight is 139 g/mol. The minimum atomic E-state index is 0.488. The predicted molar refractivity (Wildman–Crippen MR) is 31.4 cm³/mol. The molecule has 0 spiro atoms. The van der Waals surface area contributed by atoms with Crippen LogP contribution in [0, 0.1) is 0 Å². The van der Waals surface area contributed by atoms with Gasteiger partial charge in [-0.05, 0) is 0 Å². The fraction of sp³-hybridized carbons (Fsp3) is 0.400. The maximum Gasteiger partial charge on any atom is 0.279 e. The highest BCUT2D eigenvalue weighted by Gasteiger charge is 2.24. The highest BCUT2D eigenvalue weighted by molar-refractivity contribution is 5.28. The van der Waals surface area contributed by atoms with Crippen molar-refractivity contribution in [3.05, 3.63) is 12.0 Å². The largest absolute Gasteiger partial charge is 0.378 e. The molecule has 0 fully saturated rings. The van der Waals surface area contributed by atoms with Gasteiger partial charge in [0.1, 0.15) is 6.61 Å². The summed E-state index contributed by atoms with van der Waals surface area (Å²) in [6.45, 7) is 1.01. The van der Waals surface area contributed by atoms with Gasteiger partial charge in [0, 0.05) is 5.10 Å². The van der Waals surface area contributed by atoms with E-state index in [1.165, 1.54) is 6.33 Å². The molecule has 1 aliphatic rings. The number of nitrogens with two attached hydrogens (primary N) is 1. The summed E-state index contributed by atoms with van der Waals surface area (Å²) >= 11 is 0. The van der Waals surface area contributed by atoms with Crippen LogP contribution >= 0.6 is 0 Å². The summed E-state index contributed by atoms with van der Waals surface area (Å²) < 4.78 is 6.77. The van der Waals surface area contributed by atoms with Gasteiger partial charge in [0.2, 0.25) is 0 Å². The lowest BCUT2D eigenvalue weighted by molar-refractivity contribution is -0.768. The van der Waals surface area contributed by atoms with E-state index < -0.39 is 0 Å². The Kier molecular flexibility index (Phi) is 1.04. The smallest absolute Gasteiger partial charge is 0.279 e. The number of nitrogens with zero attached hydrogens (tertiary/aromatic N) is 3. The Morgan fingerprint density at radius 1 is 1.70 bits per heavy atom. The van der Waals surface area contributed by atoms with Crippen molar-refractivity contribution in [2.75, 3.05) is 5.73 Å². The first-order valence-corrected chi connectivity index (χ1v) is 2.95. The molecule has 5 heteroatoms. The summed E-state index contributed by atoms with van der Waals surface area (Å²) in [5.74, 6) is 0.507. The molecule has 0 unspecified atom stereocenters. The second-order valence-corrected chi connectivity index (χ2v) is 2.07. The van der Waals surface area contributed by atoms with Crippen LogP contribution in [-0.2, 0) is 18.1 Å². The first kappa shape index (κ1) is 5.55. The zero-order valence-electron chi connectivity index (χ0n) is 5.32. The molecule has 0 radical (unpaired) electrons. The van der Waals surface area contributed by atoms with Gasteiger partial charge in [-0.25, -0.2) is 4.98 Å². The maximum atomic E-state index is 5.52. The minimum Gasteiger partial charge on any atom is -0.378 e. The Morgan fingerprint density at radius 3 is 3.40 bits per heavy atom. The van der Waals surface area contributed by atoms with Gasteiger partial charge in [-0.15, -0.1) is 0 Å². The number of ether oxygens (including phenoxy) is 1. The number of aromatic nitrogens is 3. The third-order valence-electron chi connectivity index (χ3n) is 1.45. The van der Waals surface area contributed by atoms with E-state index in [4.69, 9.17) is 10.5 Å². The molecule has 10 heavy (non-hydrogen) atoms. The van der Waals surface area contributed by atoms with Crippen LogP contribution < -0.4 is 10.4 Å². The van der Waals surface area contributed by atoms with Crippen molar-refractivity contribution in [2.24, 2.45) is 0 Å². The van der Waals surface area contributed by atoms with Crippen LogP contribution in [0.3, 0.4) is 0 Å². The monoisotopic (exact) mass is 139 g/mol. The molecule has 0 amide bonds. The molecule has 2 rings (SSSR count). The molecule has 5 nitrogen and oxygen atoms in total. The average Bonchev–Trinajstić information content (AvgIpc) is 2.36. The van der Waals surface area contributed by atoms with Gasteiger partial charge in [-0.1, -0.05) is 4.68 Å². The van der Waals surface area contributed by atoms with Crippen LogP contribution in [0.5, 0.6) is 0 Å². The van der Waals surface area contributed by atoms with Gasteiger partial charge >= 0.3 is 0 Å². The molecule has 0 bridgehead atoms. The fourth-order valence-electron chi connectivity index (χ4n) is 0.915. The minimum absolute atomic E-state index is 0.488. The number of fused-ring (bicyclic) bond motifs is 1. The molecular formula is C5H7N4O+. The normalized spacial score (nSPS) is 15.2. The molecule has 0 saturated heterocycles. The molecule has 0 aromatic carbocycles. The number of nitrogen functional groups attached to an aromatic ring is 1. The van der Waals surface area contributed by atoms with E-state index >= 15 is 0 Å². The summed E-state index contributed by atoms with van der Waals surface area (Å²) in [6.07, 6.45) is 1.42. The Balaban J connectivity index is 2.59. The van der Waals surface area contributed by atoms with Crippen LogP contribution in [0.1, 0.15) is 5.69 Å². The highest BCUT2D eigenvalue weighted by atomic mass is 16.5.